The van der Waals surface area contributed by atoms with Crippen molar-refractivity contribution >= 4 is 45.9 Å². The first-order valence-electron chi connectivity index (χ1n) is 10.4. The first-order chi connectivity index (χ1) is 16.5. The highest BCUT2D eigenvalue weighted by molar-refractivity contribution is 6.17. The van der Waals surface area contributed by atoms with E-state index in [1.807, 2.05) is 0 Å². The van der Waals surface area contributed by atoms with E-state index in [-0.39, 0.29) is 12.5 Å². The van der Waals surface area contributed by atoms with Crippen molar-refractivity contribution in [2.45, 2.75) is 13.0 Å². The predicted molar refractivity (Wildman–Crippen MR) is 127 cm³/mol. The molecule has 2 aromatic heterocycles. The molecule has 0 aliphatic heterocycles. The van der Waals surface area contributed by atoms with Gasteiger partial charge in [0.05, 0.1) is 19.2 Å². The minimum Gasteiger partial charge on any atom is -0.493 e. The Balaban J connectivity index is 1.43. The summed E-state index contributed by atoms with van der Waals surface area (Å²) in [6, 6.07) is 11.0. The Kier molecular flexibility index (Phi) is 7.38. The van der Waals surface area contributed by atoms with E-state index in [1.54, 1.807) is 43.8 Å². The Bertz CT molecular complexity index is 1300. The lowest BCUT2D eigenvalue weighted by atomic mass is 10.2. The van der Waals surface area contributed by atoms with Gasteiger partial charge in [-0.2, -0.15) is 5.10 Å². The number of rotatable bonds is 10. The van der Waals surface area contributed by atoms with Crippen molar-refractivity contribution in [1.82, 2.24) is 19.7 Å². The van der Waals surface area contributed by atoms with Crippen LogP contribution in [-0.4, -0.2) is 45.3 Å². The van der Waals surface area contributed by atoms with Crippen molar-refractivity contribution < 1.29 is 18.7 Å². The molecule has 4 rings (SSSR count). The molecular weight excluding hydrogens is 463 g/mol. The van der Waals surface area contributed by atoms with Gasteiger partial charge in [-0.1, -0.05) is 6.07 Å². The molecule has 0 aliphatic carbocycles. The molecule has 176 valence electrons. The van der Waals surface area contributed by atoms with E-state index in [2.05, 4.69) is 25.7 Å². The highest BCUT2D eigenvalue weighted by Gasteiger charge is 2.11. The highest BCUT2D eigenvalue weighted by atomic mass is 35.5. The Morgan fingerprint density at radius 2 is 2.09 bits per heavy atom. The van der Waals surface area contributed by atoms with Gasteiger partial charge in [-0.05, 0) is 30.7 Å². The van der Waals surface area contributed by atoms with Gasteiger partial charge in [0.15, 0.2) is 17.3 Å². The van der Waals surface area contributed by atoms with Crippen molar-refractivity contribution in [2.75, 3.05) is 30.2 Å². The number of carbonyl (C=O) groups is 1. The van der Waals surface area contributed by atoms with Crippen LogP contribution < -0.4 is 20.1 Å². The maximum absolute atomic E-state index is 13.3. The monoisotopic (exact) mass is 484 g/mol. The molecule has 0 saturated carbocycles. The number of nitrogens with zero attached hydrogens (tertiary/aromatic N) is 4. The number of methoxy groups -OCH3 is 1. The van der Waals surface area contributed by atoms with Gasteiger partial charge in [-0.15, -0.1) is 11.6 Å². The normalized spacial score (nSPS) is 10.8. The Labute approximate surface area is 199 Å². The van der Waals surface area contributed by atoms with Gasteiger partial charge in [-0.25, -0.2) is 14.4 Å². The Morgan fingerprint density at radius 3 is 2.88 bits per heavy atom. The van der Waals surface area contributed by atoms with Gasteiger partial charge < -0.3 is 20.1 Å². The van der Waals surface area contributed by atoms with Crippen LogP contribution in [0.5, 0.6) is 11.5 Å². The molecule has 11 heteroatoms. The van der Waals surface area contributed by atoms with E-state index in [0.29, 0.717) is 53.4 Å². The molecular formula is C23H22ClFN6O3. The van der Waals surface area contributed by atoms with E-state index in [0.717, 1.165) is 5.39 Å². The van der Waals surface area contributed by atoms with Crippen LogP contribution in [0.1, 0.15) is 6.42 Å². The lowest BCUT2D eigenvalue weighted by Crippen LogP contribution is -2.19. The third-order valence-electron chi connectivity index (χ3n) is 4.70. The molecule has 0 aliphatic rings. The molecule has 34 heavy (non-hydrogen) atoms. The van der Waals surface area contributed by atoms with Crippen molar-refractivity contribution in [2.24, 2.45) is 0 Å². The highest BCUT2D eigenvalue weighted by Crippen LogP contribution is 2.32. The number of nitrogens with one attached hydrogen (secondary N) is 2. The molecule has 0 atom stereocenters. The number of carbonyl (C=O) groups excluding carboxylic acids is 1. The topological polar surface area (TPSA) is 103 Å². The molecule has 4 aromatic rings. The van der Waals surface area contributed by atoms with Gasteiger partial charge in [-0.3, -0.25) is 9.48 Å². The summed E-state index contributed by atoms with van der Waals surface area (Å²) in [4.78, 5) is 21.1. The lowest BCUT2D eigenvalue weighted by molar-refractivity contribution is -0.116. The number of amides is 1. The largest absolute Gasteiger partial charge is 0.493 e. The molecule has 0 fully saturated rings. The molecule has 2 aromatic carbocycles. The van der Waals surface area contributed by atoms with Gasteiger partial charge in [0.2, 0.25) is 11.9 Å². The summed E-state index contributed by atoms with van der Waals surface area (Å²) >= 11 is 5.72. The van der Waals surface area contributed by atoms with Crippen LogP contribution in [0, 0.1) is 5.82 Å². The number of benzene rings is 2. The first-order valence-corrected chi connectivity index (χ1v) is 11.0. The van der Waals surface area contributed by atoms with E-state index >= 15 is 0 Å². The van der Waals surface area contributed by atoms with E-state index in [9.17, 15) is 9.18 Å². The maximum Gasteiger partial charge on any atom is 0.246 e. The summed E-state index contributed by atoms with van der Waals surface area (Å²) in [5.41, 5.74) is 1.04. The zero-order valence-corrected chi connectivity index (χ0v) is 19.1. The summed E-state index contributed by atoms with van der Waals surface area (Å²) in [5, 5.41) is 10.7. The average Bonchev–Trinajstić information content (AvgIpc) is 3.25. The van der Waals surface area contributed by atoms with Gasteiger partial charge in [0.25, 0.3) is 0 Å². The van der Waals surface area contributed by atoms with Crippen LogP contribution in [0.25, 0.3) is 10.9 Å². The van der Waals surface area contributed by atoms with Crippen molar-refractivity contribution in [1.29, 1.82) is 0 Å². The van der Waals surface area contributed by atoms with Crippen LogP contribution in [-0.2, 0) is 11.3 Å². The predicted octanol–water partition coefficient (Wildman–Crippen LogP) is 4.36. The third kappa shape index (κ3) is 5.90. The van der Waals surface area contributed by atoms with Crippen molar-refractivity contribution in [3.8, 4) is 11.5 Å². The Morgan fingerprint density at radius 1 is 1.21 bits per heavy atom. The lowest BCUT2D eigenvalue weighted by Gasteiger charge is -2.11. The number of ether oxygens (including phenoxy) is 2. The van der Waals surface area contributed by atoms with Crippen LogP contribution in [0.3, 0.4) is 0 Å². The number of halogens is 2. The zero-order chi connectivity index (χ0) is 23.9. The van der Waals surface area contributed by atoms with E-state index < -0.39 is 5.82 Å². The Hall–Kier alpha value is -3.92. The number of alkyl halides is 1. The first kappa shape index (κ1) is 23.2. The molecule has 0 bridgehead atoms. The number of anilines is 3. The number of fused-ring (bicyclic) bond motifs is 1. The second kappa shape index (κ2) is 10.8. The quantitative estimate of drug-likeness (QED) is 0.254. The van der Waals surface area contributed by atoms with Gasteiger partial charge >= 0.3 is 0 Å². The standard InChI is InChI=1S/C23H22ClFN6O3/c1-33-19-10-15-13-26-23(28-18(15)12-20(19)34-9-3-7-24)29-21-6-8-31(30-21)14-22(32)27-17-5-2-4-16(25)11-17/h2,4-6,8,10-13H,3,7,9,14H2,1H3,(H,27,32)(H,26,28,29,30). The van der Waals surface area contributed by atoms with Gasteiger partial charge in [0, 0.05) is 41.5 Å². The average molecular weight is 485 g/mol. The van der Waals surface area contributed by atoms with Crippen molar-refractivity contribution in [3.05, 3.63) is 60.7 Å². The summed E-state index contributed by atoms with van der Waals surface area (Å²) in [6.07, 6.45) is 4.02. The zero-order valence-electron chi connectivity index (χ0n) is 18.3. The van der Waals surface area contributed by atoms with Crippen LogP contribution in [0.2, 0.25) is 0 Å². The smallest absolute Gasteiger partial charge is 0.246 e. The number of hydrogen-bond acceptors (Lipinski definition) is 7. The molecule has 0 radical (unpaired) electrons. The molecule has 0 saturated heterocycles. The SMILES string of the molecule is COc1cc2cnc(Nc3ccn(CC(=O)Nc4cccc(F)c4)n3)nc2cc1OCCCCl. The summed E-state index contributed by atoms with van der Waals surface area (Å²) in [7, 11) is 1.57. The number of aromatic nitrogens is 4. The van der Waals surface area contributed by atoms with Crippen LogP contribution in [0.15, 0.2) is 54.9 Å². The fourth-order valence-electron chi connectivity index (χ4n) is 3.15. The third-order valence-corrected chi connectivity index (χ3v) is 4.96. The second-order valence-corrected chi connectivity index (χ2v) is 7.61. The molecule has 9 nitrogen and oxygen atoms in total. The fourth-order valence-corrected chi connectivity index (χ4v) is 3.26. The number of hydrogen-bond donors (Lipinski definition) is 2. The molecule has 0 spiro atoms. The summed E-state index contributed by atoms with van der Waals surface area (Å²) in [6.45, 7) is 0.422. The van der Waals surface area contributed by atoms with E-state index in [4.69, 9.17) is 21.1 Å². The van der Waals surface area contributed by atoms with Crippen LogP contribution >= 0.6 is 11.6 Å². The minimum atomic E-state index is -0.425. The maximum atomic E-state index is 13.3. The van der Waals surface area contributed by atoms with E-state index in [1.165, 1.54) is 22.9 Å². The molecule has 0 unspecified atom stereocenters. The van der Waals surface area contributed by atoms with Crippen LogP contribution in [0.4, 0.5) is 21.8 Å². The summed E-state index contributed by atoms with van der Waals surface area (Å²) < 4.78 is 25.9. The second-order valence-electron chi connectivity index (χ2n) is 7.23. The molecule has 2 N–H and O–H groups in total. The minimum absolute atomic E-state index is 0.0421. The molecule has 1 amide bonds. The fraction of sp³-hybridized carbons (Fsp3) is 0.217. The summed E-state index contributed by atoms with van der Waals surface area (Å²) in [5.74, 6) is 1.69. The van der Waals surface area contributed by atoms with Crippen molar-refractivity contribution in [3.63, 3.8) is 0 Å². The van der Waals surface area contributed by atoms with Gasteiger partial charge in [0.1, 0.15) is 12.4 Å². The molecule has 2 heterocycles.